The fraction of sp³-hybridized carbons (Fsp3) is 0.500. The van der Waals surface area contributed by atoms with Gasteiger partial charge >= 0.3 is 0 Å². The zero-order valence-corrected chi connectivity index (χ0v) is 10.3. The molecule has 4 heteroatoms. The average Bonchev–Trinajstić information content (AvgIpc) is 2.54. The molecule has 88 valence electrons. The Hall–Kier alpha value is -0.870. The van der Waals surface area contributed by atoms with E-state index in [9.17, 15) is 4.21 Å². The Bertz CT molecular complexity index is 381. The fourth-order valence-corrected chi connectivity index (χ4v) is 3.23. The Kier molecular flexibility index (Phi) is 3.96. The lowest BCUT2D eigenvalue weighted by molar-refractivity contribution is 0.413. The minimum absolute atomic E-state index is 0.193. The fourth-order valence-electron chi connectivity index (χ4n) is 1.91. The van der Waals surface area contributed by atoms with Crippen molar-refractivity contribution < 1.29 is 8.95 Å². The van der Waals surface area contributed by atoms with E-state index in [0.717, 1.165) is 30.0 Å². The second kappa shape index (κ2) is 5.46. The van der Waals surface area contributed by atoms with E-state index in [1.807, 2.05) is 18.2 Å². The number of rotatable bonds is 2. The maximum absolute atomic E-state index is 11.7. The minimum atomic E-state index is -0.700. The topological polar surface area (TPSA) is 38.3 Å². The zero-order valence-electron chi connectivity index (χ0n) is 9.44. The Morgan fingerprint density at radius 1 is 1.50 bits per heavy atom. The summed E-state index contributed by atoms with van der Waals surface area (Å²) in [7, 11) is 0.964. The van der Waals surface area contributed by atoms with E-state index in [1.165, 1.54) is 0 Å². The molecule has 2 atom stereocenters. The van der Waals surface area contributed by atoms with Crippen LogP contribution in [0.4, 0.5) is 0 Å². The number of methoxy groups -OCH3 is 1. The van der Waals surface area contributed by atoms with Gasteiger partial charge < -0.3 is 10.1 Å². The number of benzene rings is 1. The van der Waals surface area contributed by atoms with Crippen molar-refractivity contribution in [3.63, 3.8) is 0 Å². The van der Waals surface area contributed by atoms with E-state index in [0.29, 0.717) is 5.75 Å². The standard InChI is InChI=1S/C12H17NO2S/c1-15-11-5-2-4-10(8-11)12-9-16(14)7-3-6-13-12/h2,4-5,8,12-13H,3,6-7,9H2,1H3. The van der Waals surface area contributed by atoms with Crippen molar-refractivity contribution in [3.8, 4) is 5.75 Å². The molecule has 0 aliphatic carbocycles. The predicted molar refractivity (Wildman–Crippen MR) is 66.2 cm³/mol. The minimum Gasteiger partial charge on any atom is -0.497 e. The van der Waals surface area contributed by atoms with Gasteiger partial charge in [0, 0.05) is 28.3 Å². The molecule has 16 heavy (non-hydrogen) atoms. The molecule has 0 bridgehead atoms. The van der Waals surface area contributed by atoms with Gasteiger partial charge in [-0.15, -0.1) is 0 Å². The highest BCUT2D eigenvalue weighted by molar-refractivity contribution is 7.85. The molecule has 0 saturated carbocycles. The van der Waals surface area contributed by atoms with Crippen LogP contribution in [0.5, 0.6) is 5.75 Å². The van der Waals surface area contributed by atoms with Crippen LogP contribution in [0.1, 0.15) is 18.0 Å². The van der Waals surface area contributed by atoms with Crippen molar-refractivity contribution in [2.24, 2.45) is 0 Å². The van der Waals surface area contributed by atoms with Crippen LogP contribution < -0.4 is 10.1 Å². The molecular formula is C12H17NO2S. The third kappa shape index (κ3) is 2.83. The molecule has 1 fully saturated rings. The second-order valence-corrected chi connectivity index (χ2v) is 5.57. The molecule has 1 saturated heterocycles. The highest BCUT2D eigenvalue weighted by atomic mass is 32.2. The third-order valence-electron chi connectivity index (χ3n) is 2.79. The molecule has 0 amide bonds. The van der Waals surface area contributed by atoms with Crippen molar-refractivity contribution in [1.29, 1.82) is 0 Å². The van der Waals surface area contributed by atoms with Crippen LogP contribution in [0.3, 0.4) is 0 Å². The molecule has 1 aromatic carbocycles. The van der Waals surface area contributed by atoms with Gasteiger partial charge in [-0.25, -0.2) is 0 Å². The highest BCUT2D eigenvalue weighted by Crippen LogP contribution is 2.21. The Morgan fingerprint density at radius 2 is 2.38 bits per heavy atom. The highest BCUT2D eigenvalue weighted by Gasteiger charge is 2.17. The lowest BCUT2D eigenvalue weighted by Crippen LogP contribution is -2.23. The molecule has 2 unspecified atom stereocenters. The third-order valence-corrected chi connectivity index (χ3v) is 4.24. The van der Waals surface area contributed by atoms with Crippen LogP contribution in [0.2, 0.25) is 0 Å². The van der Waals surface area contributed by atoms with Crippen molar-refractivity contribution in [3.05, 3.63) is 29.8 Å². The van der Waals surface area contributed by atoms with E-state index >= 15 is 0 Å². The molecule has 1 aromatic rings. The molecule has 3 nitrogen and oxygen atoms in total. The van der Waals surface area contributed by atoms with Gasteiger partial charge in [0.25, 0.3) is 0 Å². The lowest BCUT2D eigenvalue weighted by Gasteiger charge is -2.16. The maximum Gasteiger partial charge on any atom is 0.119 e. The van der Waals surface area contributed by atoms with Crippen LogP contribution in [0, 0.1) is 0 Å². The molecule has 1 aliphatic heterocycles. The Morgan fingerprint density at radius 3 is 3.19 bits per heavy atom. The quantitative estimate of drug-likeness (QED) is 0.849. The van der Waals surface area contributed by atoms with Gasteiger partial charge in [0.15, 0.2) is 0 Å². The summed E-state index contributed by atoms with van der Waals surface area (Å²) >= 11 is 0. The van der Waals surface area contributed by atoms with Gasteiger partial charge in [-0.05, 0) is 30.7 Å². The number of ether oxygens (including phenoxy) is 1. The van der Waals surface area contributed by atoms with Gasteiger partial charge in [0.1, 0.15) is 5.75 Å². The first kappa shape index (κ1) is 11.6. The molecule has 1 aliphatic rings. The van der Waals surface area contributed by atoms with Crippen LogP contribution >= 0.6 is 0 Å². The summed E-state index contributed by atoms with van der Waals surface area (Å²) in [6, 6.07) is 8.17. The summed E-state index contributed by atoms with van der Waals surface area (Å²) in [6.45, 7) is 0.938. The zero-order chi connectivity index (χ0) is 11.4. The number of nitrogens with one attached hydrogen (secondary N) is 1. The van der Waals surface area contributed by atoms with Crippen LogP contribution in [-0.2, 0) is 10.8 Å². The predicted octanol–water partition coefficient (Wildman–Crippen LogP) is 1.48. The molecule has 0 aromatic heterocycles. The lowest BCUT2D eigenvalue weighted by atomic mass is 10.1. The molecule has 2 rings (SSSR count). The average molecular weight is 239 g/mol. The van der Waals surface area contributed by atoms with Gasteiger partial charge in [0.2, 0.25) is 0 Å². The SMILES string of the molecule is COc1cccc(C2CS(=O)CCCN2)c1. The second-order valence-electron chi connectivity index (χ2n) is 3.95. The normalized spacial score (nSPS) is 26.1. The number of hydrogen-bond donors (Lipinski definition) is 1. The molecular weight excluding hydrogens is 222 g/mol. The van der Waals surface area contributed by atoms with Crippen molar-refractivity contribution in [2.75, 3.05) is 25.2 Å². The molecule has 0 spiro atoms. The summed E-state index contributed by atoms with van der Waals surface area (Å²) in [4.78, 5) is 0. The first-order valence-electron chi connectivity index (χ1n) is 5.52. The van der Waals surface area contributed by atoms with Crippen molar-refractivity contribution in [1.82, 2.24) is 5.32 Å². The van der Waals surface area contributed by atoms with E-state index in [-0.39, 0.29) is 6.04 Å². The molecule has 0 radical (unpaired) electrons. The Balaban J connectivity index is 2.17. The molecule has 1 N–H and O–H groups in total. The van der Waals surface area contributed by atoms with Gasteiger partial charge in [-0.1, -0.05) is 12.1 Å². The smallest absolute Gasteiger partial charge is 0.119 e. The van der Waals surface area contributed by atoms with E-state index in [1.54, 1.807) is 7.11 Å². The van der Waals surface area contributed by atoms with Crippen LogP contribution in [0.15, 0.2) is 24.3 Å². The van der Waals surface area contributed by atoms with Crippen LogP contribution in [0.25, 0.3) is 0 Å². The summed E-state index contributed by atoms with van der Waals surface area (Å²) < 4.78 is 16.9. The van der Waals surface area contributed by atoms with Gasteiger partial charge in [-0.3, -0.25) is 4.21 Å². The maximum atomic E-state index is 11.7. The molecule has 1 heterocycles. The first-order valence-corrected chi connectivity index (χ1v) is 7.00. The number of hydrogen-bond acceptors (Lipinski definition) is 3. The van der Waals surface area contributed by atoms with E-state index in [2.05, 4.69) is 11.4 Å². The summed E-state index contributed by atoms with van der Waals surface area (Å²) in [6.07, 6.45) is 0.993. The largest absolute Gasteiger partial charge is 0.497 e. The van der Waals surface area contributed by atoms with E-state index < -0.39 is 10.8 Å². The van der Waals surface area contributed by atoms with Gasteiger partial charge in [-0.2, -0.15) is 0 Å². The monoisotopic (exact) mass is 239 g/mol. The summed E-state index contributed by atoms with van der Waals surface area (Å²) in [5.41, 5.74) is 1.16. The van der Waals surface area contributed by atoms with Crippen molar-refractivity contribution in [2.45, 2.75) is 12.5 Å². The first-order chi connectivity index (χ1) is 7.79. The van der Waals surface area contributed by atoms with E-state index in [4.69, 9.17) is 4.74 Å². The van der Waals surface area contributed by atoms with Crippen LogP contribution in [-0.4, -0.2) is 29.4 Å². The van der Waals surface area contributed by atoms with Crippen molar-refractivity contribution >= 4 is 10.8 Å². The Labute approximate surface area is 98.7 Å². The van der Waals surface area contributed by atoms with Gasteiger partial charge in [0.05, 0.1) is 7.11 Å². The summed E-state index contributed by atoms with van der Waals surface area (Å²) in [5, 5.41) is 3.43. The summed E-state index contributed by atoms with van der Waals surface area (Å²) in [5.74, 6) is 2.37.